The molecule has 4 heteroatoms. The molecule has 2 unspecified atom stereocenters. The fourth-order valence-electron chi connectivity index (χ4n) is 3.53. The molecular formula is C17H20N2O2. The highest BCUT2D eigenvalue weighted by atomic mass is 16.2. The molecular weight excluding hydrogens is 264 g/mol. The van der Waals surface area contributed by atoms with Crippen molar-refractivity contribution in [3.63, 3.8) is 0 Å². The maximum atomic E-state index is 12.9. The third kappa shape index (κ3) is 2.43. The predicted octanol–water partition coefficient (Wildman–Crippen LogP) is 3.66. The van der Waals surface area contributed by atoms with Gasteiger partial charge in [0.25, 0.3) is 5.91 Å². The van der Waals surface area contributed by atoms with Crippen molar-refractivity contribution in [3.8, 4) is 0 Å². The smallest absolute Gasteiger partial charge is 0.277 e. The SMILES string of the molecule is CC1(c2ccccc2)N=NC(=O)C1C(=O)C1CCCCC1. The Kier molecular flexibility index (Phi) is 3.70. The first kappa shape index (κ1) is 14.1. The number of hydrogen-bond donors (Lipinski definition) is 0. The van der Waals surface area contributed by atoms with Crippen molar-refractivity contribution < 1.29 is 9.59 Å². The monoisotopic (exact) mass is 284 g/mol. The van der Waals surface area contributed by atoms with Gasteiger partial charge in [0.15, 0.2) is 5.78 Å². The summed E-state index contributed by atoms with van der Waals surface area (Å²) in [5.41, 5.74) is 0.0427. The van der Waals surface area contributed by atoms with Gasteiger partial charge < -0.3 is 0 Å². The number of amides is 1. The normalized spacial score (nSPS) is 29.8. The van der Waals surface area contributed by atoms with Crippen LogP contribution in [-0.4, -0.2) is 11.7 Å². The number of carbonyl (C=O) groups excluding carboxylic acids is 2. The van der Waals surface area contributed by atoms with Crippen LogP contribution in [0.1, 0.15) is 44.6 Å². The van der Waals surface area contributed by atoms with Gasteiger partial charge in [0.05, 0.1) is 0 Å². The van der Waals surface area contributed by atoms with Crippen molar-refractivity contribution in [1.29, 1.82) is 0 Å². The van der Waals surface area contributed by atoms with Crippen LogP contribution < -0.4 is 0 Å². The minimum Gasteiger partial charge on any atom is -0.298 e. The molecule has 1 aliphatic carbocycles. The van der Waals surface area contributed by atoms with E-state index < -0.39 is 11.5 Å². The van der Waals surface area contributed by atoms with Crippen molar-refractivity contribution in [2.45, 2.75) is 44.6 Å². The van der Waals surface area contributed by atoms with Crippen LogP contribution in [0.2, 0.25) is 0 Å². The van der Waals surface area contributed by atoms with E-state index in [1.165, 1.54) is 6.42 Å². The molecule has 2 atom stereocenters. The Morgan fingerprint density at radius 2 is 1.81 bits per heavy atom. The summed E-state index contributed by atoms with van der Waals surface area (Å²) >= 11 is 0. The Bertz CT molecular complexity index is 576. The van der Waals surface area contributed by atoms with Gasteiger partial charge in [-0.05, 0) is 25.3 Å². The number of benzene rings is 1. The molecule has 0 radical (unpaired) electrons. The highest BCUT2D eigenvalue weighted by molar-refractivity contribution is 6.05. The van der Waals surface area contributed by atoms with Crippen LogP contribution in [0.5, 0.6) is 0 Å². The Morgan fingerprint density at radius 1 is 1.14 bits per heavy atom. The van der Waals surface area contributed by atoms with E-state index in [9.17, 15) is 9.59 Å². The molecule has 21 heavy (non-hydrogen) atoms. The van der Waals surface area contributed by atoms with Crippen LogP contribution in [0, 0.1) is 11.8 Å². The molecule has 1 aliphatic heterocycles. The van der Waals surface area contributed by atoms with Crippen LogP contribution in [0.25, 0.3) is 0 Å². The van der Waals surface area contributed by atoms with E-state index in [4.69, 9.17) is 0 Å². The molecule has 0 bridgehead atoms. The lowest BCUT2D eigenvalue weighted by molar-refractivity contribution is -0.136. The summed E-state index contributed by atoms with van der Waals surface area (Å²) in [6.07, 6.45) is 5.13. The van der Waals surface area contributed by atoms with Gasteiger partial charge >= 0.3 is 0 Å². The summed E-state index contributed by atoms with van der Waals surface area (Å²) in [5.74, 6) is -1.09. The van der Waals surface area contributed by atoms with Crippen molar-refractivity contribution in [1.82, 2.24) is 0 Å². The van der Waals surface area contributed by atoms with E-state index >= 15 is 0 Å². The van der Waals surface area contributed by atoms with Crippen molar-refractivity contribution in [2.75, 3.05) is 0 Å². The number of carbonyl (C=O) groups is 2. The van der Waals surface area contributed by atoms with Gasteiger partial charge in [-0.2, -0.15) is 5.11 Å². The van der Waals surface area contributed by atoms with E-state index in [1.807, 2.05) is 37.3 Å². The molecule has 0 N–H and O–H groups in total. The summed E-state index contributed by atoms with van der Waals surface area (Å²) in [6, 6.07) is 9.55. The predicted molar refractivity (Wildman–Crippen MR) is 78.7 cm³/mol. The van der Waals surface area contributed by atoms with Gasteiger partial charge in [0, 0.05) is 5.92 Å². The first-order chi connectivity index (χ1) is 10.1. The Labute approximate surface area is 124 Å². The third-order valence-corrected chi connectivity index (χ3v) is 4.82. The minimum absolute atomic E-state index is 0.000706. The lowest BCUT2D eigenvalue weighted by Gasteiger charge is -2.30. The molecule has 1 fully saturated rings. The van der Waals surface area contributed by atoms with Crippen molar-refractivity contribution in [3.05, 3.63) is 35.9 Å². The van der Waals surface area contributed by atoms with E-state index in [-0.39, 0.29) is 17.6 Å². The average molecular weight is 284 g/mol. The highest BCUT2D eigenvalue weighted by Gasteiger charge is 2.51. The fraction of sp³-hybridized carbons (Fsp3) is 0.529. The third-order valence-electron chi connectivity index (χ3n) is 4.82. The quantitative estimate of drug-likeness (QED) is 0.795. The number of nitrogens with zero attached hydrogens (tertiary/aromatic N) is 2. The van der Waals surface area contributed by atoms with Gasteiger partial charge in [0.1, 0.15) is 11.5 Å². The molecule has 0 saturated heterocycles. The summed E-state index contributed by atoms with van der Waals surface area (Å²) in [6.45, 7) is 1.85. The number of azo groups is 1. The van der Waals surface area contributed by atoms with Gasteiger partial charge in [0.2, 0.25) is 0 Å². The van der Waals surface area contributed by atoms with Crippen LogP contribution in [0.3, 0.4) is 0 Å². The Balaban J connectivity index is 1.92. The largest absolute Gasteiger partial charge is 0.298 e. The summed E-state index contributed by atoms with van der Waals surface area (Å²) < 4.78 is 0. The molecule has 2 aliphatic rings. The average Bonchev–Trinajstić information content (AvgIpc) is 2.85. The molecule has 1 heterocycles. The highest BCUT2D eigenvalue weighted by Crippen LogP contribution is 2.42. The molecule has 1 amide bonds. The lowest BCUT2D eigenvalue weighted by Crippen LogP contribution is -2.40. The molecule has 1 aromatic carbocycles. The number of hydrogen-bond acceptors (Lipinski definition) is 3. The second kappa shape index (κ2) is 5.51. The lowest BCUT2D eigenvalue weighted by atomic mass is 9.72. The Hall–Kier alpha value is -1.84. The van der Waals surface area contributed by atoms with Crippen LogP contribution >= 0.6 is 0 Å². The summed E-state index contributed by atoms with van der Waals surface area (Å²) in [7, 11) is 0. The van der Waals surface area contributed by atoms with Crippen LogP contribution in [0.4, 0.5) is 0 Å². The standard InChI is InChI=1S/C17H20N2O2/c1-17(13-10-6-3-7-11-13)14(16(21)18-19-17)15(20)12-8-4-2-5-9-12/h3,6-7,10-12,14H,2,4-5,8-9H2,1H3. The zero-order valence-electron chi connectivity index (χ0n) is 12.3. The number of rotatable bonds is 3. The van der Waals surface area contributed by atoms with E-state index in [0.717, 1.165) is 31.2 Å². The fourth-order valence-corrected chi connectivity index (χ4v) is 3.53. The second-order valence-electron chi connectivity index (χ2n) is 6.22. The zero-order chi connectivity index (χ0) is 14.9. The van der Waals surface area contributed by atoms with Gasteiger partial charge in [-0.15, -0.1) is 5.11 Å². The first-order valence-corrected chi connectivity index (χ1v) is 7.69. The van der Waals surface area contributed by atoms with Crippen molar-refractivity contribution >= 4 is 11.7 Å². The molecule has 0 aromatic heterocycles. The summed E-state index contributed by atoms with van der Waals surface area (Å²) in [4.78, 5) is 25.0. The molecule has 1 aromatic rings. The van der Waals surface area contributed by atoms with Crippen LogP contribution in [-0.2, 0) is 15.1 Å². The number of Topliss-reactive ketones (excluding diaryl/α,β-unsaturated/α-hetero) is 1. The topological polar surface area (TPSA) is 58.9 Å². The maximum Gasteiger partial charge on any atom is 0.277 e. The minimum atomic E-state index is -0.840. The zero-order valence-corrected chi connectivity index (χ0v) is 12.3. The second-order valence-corrected chi connectivity index (χ2v) is 6.22. The van der Waals surface area contributed by atoms with Gasteiger partial charge in [-0.25, -0.2) is 0 Å². The van der Waals surface area contributed by atoms with Crippen molar-refractivity contribution in [2.24, 2.45) is 22.1 Å². The molecule has 0 spiro atoms. The van der Waals surface area contributed by atoms with Crippen LogP contribution in [0.15, 0.2) is 40.6 Å². The molecule has 4 nitrogen and oxygen atoms in total. The Morgan fingerprint density at radius 3 is 2.48 bits per heavy atom. The van der Waals surface area contributed by atoms with Gasteiger partial charge in [-0.3, -0.25) is 9.59 Å². The molecule has 1 saturated carbocycles. The van der Waals surface area contributed by atoms with E-state index in [2.05, 4.69) is 10.2 Å². The first-order valence-electron chi connectivity index (χ1n) is 7.69. The van der Waals surface area contributed by atoms with Gasteiger partial charge in [-0.1, -0.05) is 49.6 Å². The maximum absolute atomic E-state index is 12.9. The van der Waals surface area contributed by atoms with E-state index in [0.29, 0.717) is 0 Å². The molecule has 3 rings (SSSR count). The summed E-state index contributed by atoms with van der Waals surface area (Å²) in [5, 5.41) is 7.90. The number of ketones is 1. The molecule has 110 valence electrons. The van der Waals surface area contributed by atoms with E-state index in [1.54, 1.807) is 0 Å².